The van der Waals surface area contributed by atoms with Gasteiger partial charge in [-0.1, -0.05) is 0 Å². The van der Waals surface area contributed by atoms with Crippen molar-refractivity contribution < 1.29 is 4.74 Å². The van der Waals surface area contributed by atoms with Crippen molar-refractivity contribution >= 4 is 5.69 Å². The quantitative estimate of drug-likeness (QED) is 0.709. The van der Waals surface area contributed by atoms with Gasteiger partial charge in [0.2, 0.25) is 0 Å². The first-order chi connectivity index (χ1) is 6.74. The Morgan fingerprint density at radius 1 is 1.36 bits per heavy atom. The van der Waals surface area contributed by atoms with Crippen molar-refractivity contribution in [3.63, 3.8) is 0 Å². The molecule has 0 radical (unpaired) electrons. The number of anilines is 1. The molecule has 4 nitrogen and oxygen atoms in total. The summed E-state index contributed by atoms with van der Waals surface area (Å²) >= 11 is 0. The van der Waals surface area contributed by atoms with E-state index in [1.807, 2.05) is 19.1 Å². The van der Waals surface area contributed by atoms with Crippen LogP contribution in [0, 0.1) is 22.7 Å². The van der Waals surface area contributed by atoms with Crippen LogP contribution in [0.4, 0.5) is 5.69 Å². The van der Waals surface area contributed by atoms with Crippen molar-refractivity contribution in [2.45, 2.75) is 6.92 Å². The van der Waals surface area contributed by atoms with E-state index in [2.05, 4.69) is 0 Å². The van der Waals surface area contributed by atoms with E-state index in [0.717, 1.165) is 0 Å². The summed E-state index contributed by atoms with van der Waals surface area (Å²) in [5.41, 5.74) is 6.34. The first-order valence-corrected chi connectivity index (χ1v) is 4.10. The maximum Gasteiger partial charge on any atom is 0.143 e. The van der Waals surface area contributed by atoms with E-state index < -0.39 is 0 Å². The Labute approximate surface area is 82.1 Å². The molecule has 0 heterocycles. The molecule has 0 amide bonds. The first-order valence-electron chi connectivity index (χ1n) is 4.10. The summed E-state index contributed by atoms with van der Waals surface area (Å²) in [4.78, 5) is 0. The summed E-state index contributed by atoms with van der Waals surface area (Å²) in [6, 6.07) is 6.91. The van der Waals surface area contributed by atoms with Gasteiger partial charge in [0.25, 0.3) is 0 Å². The molecule has 0 saturated heterocycles. The van der Waals surface area contributed by atoms with Crippen LogP contribution in [0.25, 0.3) is 0 Å². The highest BCUT2D eigenvalue weighted by molar-refractivity contribution is 5.68. The molecule has 1 aromatic rings. The second kappa shape index (κ2) is 4.15. The zero-order chi connectivity index (χ0) is 10.6. The van der Waals surface area contributed by atoms with Gasteiger partial charge in [-0.25, -0.2) is 0 Å². The summed E-state index contributed by atoms with van der Waals surface area (Å²) in [5.74, 6) is 0.447. The molecule has 70 valence electrons. The lowest BCUT2D eigenvalue weighted by Gasteiger charge is -2.08. The molecular weight excluding hydrogens is 178 g/mol. The Morgan fingerprint density at radius 3 is 2.57 bits per heavy atom. The van der Waals surface area contributed by atoms with E-state index in [0.29, 0.717) is 12.4 Å². The zero-order valence-corrected chi connectivity index (χ0v) is 7.74. The van der Waals surface area contributed by atoms with E-state index >= 15 is 0 Å². The number of rotatable bonds is 2. The van der Waals surface area contributed by atoms with Crippen molar-refractivity contribution in [1.82, 2.24) is 0 Å². The van der Waals surface area contributed by atoms with Gasteiger partial charge in [0.1, 0.15) is 17.9 Å². The standard InChI is InChI=1S/C10H9N3O/c1-2-14-9-4-3-7(5-11)8(6-12)10(9)13/h3-4H,2,13H2,1H3. The third kappa shape index (κ3) is 1.60. The molecule has 0 unspecified atom stereocenters. The molecule has 0 saturated carbocycles. The molecular formula is C10H9N3O. The van der Waals surface area contributed by atoms with Crippen molar-refractivity contribution in [2.75, 3.05) is 12.3 Å². The Hall–Kier alpha value is -2.20. The maximum absolute atomic E-state index is 8.79. The molecule has 0 aliphatic carbocycles. The minimum absolute atomic E-state index is 0.179. The summed E-state index contributed by atoms with van der Waals surface area (Å²) in [6.07, 6.45) is 0. The number of hydrogen-bond acceptors (Lipinski definition) is 4. The molecule has 0 aliphatic rings. The molecule has 2 N–H and O–H groups in total. The van der Waals surface area contributed by atoms with Gasteiger partial charge in [-0.05, 0) is 19.1 Å². The van der Waals surface area contributed by atoms with Crippen molar-refractivity contribution in [1.29, 1.82) is 10.5 Å². The van der Waals surface area contributed by atoms with Gasteiger partial charge in [0, 0.05) is 0 Å². The molecule has 0 aliphatic heterocycles. The lowest BCUT2D eigenvalue weighted by atomic mass is 10.1. The van der Waals surface area contributed by atoms with Crippen LogP contribution in [-0.4, -0.2) is 6.61 Å². The summed E-state index contributed by atoms with van der Waals surface area (Å²) in [6.45, 7) is 2.30. The SMILES string of the molecule is CCOc1ccc(C#N)c(C#N)c1N. The number of benzene rings is 1. The second-order valence-corrected chi connectivity index (χ2v) is 2.56. The van der Waals surface area contributed by atoms with E-state index in [-0.39, 0.29) is 16.8 Å². The highest BCUT2D eigenvalue weighted by Crippen LogP contribution is 2.27. The van der Waals surface area contributed by atoms with Gasteiger partial charge in [0.15, 0.2) is 0 Å². The Balaban J connectivity index is 3.31. The maximum atomic E-state index is 8.79. The molecule has 0 aromatic heterocycles. The molecule has 1 rings (SSSR count). The van der Waals surface area contributed by atoms with Gasteiger partial charge in [-0.2, -0.15) is 10.5 Å². The van der Waals surface area contributed by atoms with Gasteiger partial charge in [0.05, 0.1) is 23.4 Å². The molecule has 14 heavy (non-hydrogen) atoms. The van der Waals surface area contributed by atoms with Gasteiger partial charge < -0.3 is 10.5 Å². The minimum Gasteiger partial charge on any atom is -0.492 e. The van der Waals surface area contributed by atoms with Crippen LogP contribution in [0.5, 0.6) is 5.75 Å². The number of nitrogen functional groups attached to an aromatic ring is 1. The lowest BCUT2D eigenvalue weighted by molar-refractivity contribution is 0.342. The van der Waals surface area contributed by atoms with Crippen LogP contribution < -0.4 is 10.5 Å². The largest absolute Gasteiger partial charge is 0.492 e. The predicted molar refractivity (Wildman–Crippen MR) is 51.5 cm³/mol. The summed E-state index contributed by atoms with van der Waals surface area (Å²) < 4.78 is 5.19. The summed E-state index contributed by atoms with van der Waals surface area (Å²) in [7, 11) is 0. The van der Waals surface area contributed by atoms with Crippen LogP contribution in [0.3, 0.4) is 0 Å². The number of hydrogen-bond donors (Lipinski definition) is 1. The molecule has 0 bridgehead atoms. The average Bonchev–Trinajstić information content (AvgIpc) is 2.21. The van der Waals surface area contributed by atoms with E-state index in [1.165, 1.54) is 6.07 Å². The Bertz CT molecular complexity index is 426. The van der Waals surface area contributed by atoms with Gasteiger partial charge in [-0.3, -0.25) is 0 Å². The van der Waals surface area contributed by atoms with Crippen LogP contribution in [0.15, 0.2) is 12.1 Å². The van der Waals surface area contributed by atoms with Crippen LogP contribution in [0.1, 0.15) is 18.1 Å². The van der Waals surface area contributed by atoms with E-state index in [9.17, 15) is 0 Å². The number of nitriles is 2. The fraction of sp³-hybridized carbons (Fsp3) is 0.200. The third-order valence-corrected chi connectivity index (χ3v) is 1.74. The third-order valence-electron chi connectivity index (χ3n) is 1.74. The van der Waals surface area contributed by atoms with E-state index in [1.54, 1.807) is 6.07 Å². The van der Waals surface area contributed by atoms with Crippen LogP contribution in [0.2, 0.25) is 0 Å². The smallest absolute Gasteiger partial charge is 0.143 e. The highest BCUT2D eigenvalue weighted by Gasteiger charge is 2.10. The van der Waals surface area contributed by atoms with Crippen molar-refractivity contribution in [2.24, 2.45) is 0 Å². The van der Waals surface area contributed by atoms with Crippen molar-refractivity contribution in [3.05, 3.63) is 23.3 Å². The molecule has 0 spiro atoms. The Kier molecular flexibility index (Phi) is 2.93. The monoisotopic (exact) mass is 187 g/mol. The van der Waals surface area contributed by atoms with E-state index in [4.69, 9.17) is 21.0 Å². The number of ether oxygens (including phenoxy) is 1. The zero-order valence-electron chi connectivity index (χ0n) is 7.74. The van der Waals surface area contributed by atoms with Gasteiger partial charge >= 0.3 is 0 Å². The molecule has 1 aromatic carbocycles. The highest BCUT2D eigenvalue weighted by atomic mass is 16.5. The topological polar surface area (TPSA) is 82.8 Å². The van der Waals surface area contributed by atoms with Crippen LogP contribution in [-0.2, 0) is 0 Å². The fourth-order valence-electron chi connectivity index (χ4n) is 1.10. The number of nitrogens with zero attached hydrogens (tertiary/aromatic N) is 2. The molecule has 0 fully saturated rings. The molecule has 0 atom stereocenters. The Morgan fingerprint density at radius 2 is 2.07 bits per heavy atom. The normalized spacial score (nSPS) is 8.79. The first kappa shape index (κ1) is 9.88. The second-order valence-electron chi connectivity index (χ2n) is 2.56. The summed E-state index contributed by atoms with van der Waals surface area (Å²) in [5, 5.41) is 17.5. The fourth-order valence-corrected chi connectivity index (χ4v) is 1.10. The minimum atomic E-state index is 0.179. The average molecular weight is 187 g/mol. The molecule has 4 heteroatoms. The number of nitrogens with two attached hydrogens (primary N) is 1. The predicted octanol–water partition coefficient (Wildman–Crippen LogP) is 1.41. The van der Waals surface area contributed by atoms with Crippen LogP contribution >= 0.6 is 0 Å². The lowest BCUT2D eigenvalue weighted by Crippen LogP contribution is -2.00. The van der Waals surface area contributed by atoms with Crippen molar-refractivity contribution in [3.8, 4) is 17.9 Å². The van der Waals surface area contributed by atoms with Gasteiger partial charge in [-0.15, -0.1) is 0 Å².